The van der Waals surface area contributed by atoms with Gasteiger partial charge in [-0.05, 0) is 28.8 Å². The van der Waals surface area contributed by atoms with Crippen molar-refractivity contribution in [2.24, 2.45) is 0 Å². The number of hydrogen-bond donors (Lipinski definition) is 0. The first-order chi connectivity index (χ1) is 9.00. The summed E-state index contributed by atoms with van der Waals surface area (Å²) in [6.45, 7) is 3.81. The second kappa shape index (κ2) is 5.22. The number of nitrogens with zero attached hydrogens (tertiary/aromatic N) is 1. The zero-order valence-corrected chi connectivity index (χ0v) is 11.4. The number of aryl methyl sites for hydroxylation is 1. The first kappa shape index (κ1) is 13.3. The Hall–Kier alpha value is -2.16. The van der Waals surface area contributed by atoms with Gasteiger partial charge in [0.05, 0.1) is 0 Å². The Morgan fingerprint density at radius 2 is 1.68 bits per heavy atom. The molecule has 0 aliphatic heterocycles. The number of carbonyl (C=O) groups is 2. The van der Waals surface area contributed by atoms with Crippen LogP contribution in [0.4, 0.5) is 0 Å². The van der Waals surface area contributed by atoms with Crippen molar-refractivity contribution in [3.8, 4) is 0 Å². The van der Waals surface area contributed by atoms with Gasteiger partial charge in [0.25, 0.3) is 5.91 Å². The minimum absolute atomic E-state index is 0.432. The maximum Gasteiger partial charge on any atom is 0.289 e. The van der Waals surface area contributed by atoms with E-state index < -0.39 is 11.7 Å². The van der Waals surface area contributed by atoms with Crippen LogP contribution in [0.5, 0.6) is 0 Å². The molecular weight excluding hydrogens is 238 g/mol. The summed E-state index contributed by atoms with van der Waals surface area (Å²) in [6.07, 6.45) is 0. The summed E-state index contributed by atoms with van der Waals surface area (Å²) in [5.74, 6) is -0.886. The lowest BCUT2D eigenvalue weighted by Crippen LogP contribution is -2.31. The second-order valence-electron chi connectivity index (χ2n) is 4.80. The topological polar surface area (TPSA) is 37.4 Å². The monoisotopic (exact) mass is 255 g/mol. The number of Topliss-reactive ketones (excluding diaryl/α,β-unsaturated/α-hetero) is 1. The SMILES string of the molecule is CC(=O)C(=O)N(C)Cc1ccc(C)c2ccccc12. The number of hydrogen-bond acceptors (Lipinski definition) is 2. The summed E-state index contributed by atoms with van der Waals surface area (Å²) >= 11 is 0. The number of carbonyl (C=O) groups excluding carboxylic acids is 2. The largest absolute Gasteiger partial charge is 0.335 e. The number of rotatable bonds is 3. The maximum atomic E-state index is 11.6. The van der Waals surface area contributed by atoms with Gasteiger partial charge in [-0.15, -0.1) is 0 Å². The molecule has 0 aromatic heterocycles. The quantitative estimate of drug-likeness (QED) is 0.791. The van der Waals surface area contributed by atoms with Crippen LogP contribution in [0.1, 0.15) is 18.1 Å². The zero-order valence-electron chi connectivity index (χ0n) is 11.4. The summed E-state index contributed by atoms with van der Waals surface area (Å²) in [6, 6.07) is 12.2. The summed E-state index contributed by atoms with van der Waals surface area (Å²) in [5.41, 5.74) is 2.26. The number of benzene rings is 2. The number of ketones is 1. The van der Waals surface area contributed by atoms with Crippen LogP contribution in [0.15, 0.2) is 36.4 Å². The molecule has 0 fully saturated rings. The molecule has 0 bridgehead atoms. The van der Waals surface area contributed by atoms with E-state index >= 15 is 0 Å². The smallest absolute Gasteiger partial charge is 0.289 e. The predicted molar refractivity (Wildman–Crippen MR) is 75.8 cm³/mol. The second-order valence-corrected chi connectivity index (χ2v) is 4.80. The fourth-order valence-electron chi connectivity index (χ4n) is 2.25. The summed E-state index contributed by atoms with van der Waals surface area (Å²) in [5, 5.41) is 2.31. The van der Waals surface area contributed by atoms with E-state index in [-0.39, 0.29) is 0 Å². The highest BCUT2D eigenvalue weighted by molar-refractivity contribution is 6.34. The van der Waals surface area contributed by atoms with Gasteiger partial charge in [0.15, 0.2) is 0 Å². The fraction of sp³-hybridized carbons (Fsp3) is 0.250. The first-order valence-corrected chi connectivity index (χ1v) is 6.24. The number of amides is 1. The maximum absolute atomic E-state index is 11.6. The van der Waals surface area contributed by atoms with Crippen LogP contribution in [0, 0.1) is 6.92 Å². The molecule has 0 saturated heterocycles. The lowest BCUT2D eigenvalue weighted by Gasteiger charge is -2.17. The number of fused-ring (bicyclic) bond motifs is 1. The minimum atomic E-state index is -0.454. The molecule has 3 nitrogen and oxygen atoms in total. The van der Waals surface area contributed by atoms with Gasteiger partial charge in [-0.1, -0.05) is 36.4 Å². The molecular formula is C16H17NO2. The third kappa shape index (κ3) is 2.65. The Balaban J connectivity index is 2.39. The fourth-order valence-corrected chi connectivity index (χ4v) is 2.25. The van der Waals surface area contributed by atoms with Gasteiger partial charge in [-0.2, -0.15) is 0 Å². The summed E-state index contributed by atoms with van der Waals surface area (Å²) < 4.78 is 0. The molecule has 0 heterocycles. The standard InChI is InChI=1S/C16H17NO2/c1-11-8-9-13(10-17(3)16(19)12(2)18)15-7-5-4-6-14(11)15/h4-9H,10H2,1-3H3. The molecule has 0 spiro atoms. The Morgan fingerprint density at radius 3 is 2.32 bits per heavy atom. The number of likely N-dealkylation sites (N-methyl/N-ethyl adjacent to an activating group) is 1. The van der Waals surface area contributed by atoms with Gasteiger partial charge in [0, 0.05) is 20.5 Å². The van der Waals surface area contributed by atoms with Gasteiger partial charge in [0.1, 0.15) is 0 Å². The van der Waals surface area contributed by atoms with Crippen molar-refractivity contribution >= 4 is 22.5 Å². The normalized spacial score (nSPS) is 10.5. The predicted octanol–water partition coefficient (Wildman–Crippen LogP) is 2.70. The van der Waals surface area contributed by atoms with E-state index in [4.69, 9.17) is 0 Å². The van der Waals surface area contributed by atoms with Crippen molar-refractivity contribution < 1.29 is 9.59 Å². The van der Waals surface area contributed by atoms with Gasteiger partial charge in [0.2, 0.25) is 5.78 Å². The molecule has 0 aliphatic rings. The van der Waals surface area contributed by atoms with Crippen LogP contribution in [-0.4, -0.2) is 23.6 Å². The highest BCUT2D eigenvalue weighted by Crippen LogP contribution is 2.23. The lowest BCUT2D eigenvalue weighted by molar-refractivity contribution is -0.143. The Kier molecular flexibility index (Phi) is 3.65. The van der Waals surface area contributed by atoms with E-state index in [0.29, 0.717) is 6.54 Å². The van der Waals surface area contributed by atoms with Crippen molar-refractivity contribution in [1.29, 1.82) is 0 Å². The van der Waals surface area contributed by atoms with E-state index in [0.717, 1.165) is 10.9 Å². The Bertz CT molecular complexity index is 646. The van der Waals surface area contributed by atoms with E-state index in [1.165, 1.54) is 22.8 Å². The van der Waals surface area contributed by atoms with Gasteiger partial charge in [-0.3, -0.25) is 9.59 Å². The highest BCUT2D eigenvalue weighted by atomic mass is 16.2. The minimum Gasteiger partial charge on any atom is -0.335 e. The Labute approximate surface area is 112 Å². The molecule has 0 N–H and O–H groups in total. The van der Waals surface area contributed by atoms with Gasteiger partial charge >= 0.3 is 0 Å². The average Bonchev–Trinajstić information content (AvgIpc) is 2.41. The van der Waals surface area contributed by atoms with E-state index in [1.54, 1.807) is 7.05 Å². The van der Waals surface area contributed by atoms with Crippen LogP contribution >= 0.6 is 0 Å². The van der Waals surface area contributed by atoms with Crippen molar-refractivity contribution in [3.05, 3.63) is 47.5 Å². The van der Waals surface area contributed by atoms with Crippen molar-refractivity contribution in [3.63, 3.8) is 0 Å². The molecule has 98 valence electrons. The summed E-state index contributed by atoms with van der Waals surface area (Å²) in [7, 11) is 1.65. The Morgan fingerprint density at radius 1 is 1.05 bits per heavy atom. The third-order valence-electron chi connectivity index (χ3n) is 3.29. The molecule has 0 atom stereocenters. The molecule has 19 heavy (non-hydrogen) atoms. The van der Waals surface area contributed by atoms with E-state index in [1.807, 2.05) is 30.3 Å². The van der Waals surface area contributed by atoms with Crippen LogP contribution < -0.4 is 0 Å². The van der Waals surface area contributed by atoms with Crippen molar-refractivity contribution in [2.45, 2.75) is 20.4 Å². The lowest BCUT2D eigenvalue weighted by atomic mass is 10.00. The molecule has 0 unspecified atom stereocenters. The zero-order chi connectivity index (χ0) is 14.0. The molecule has 2 aromatic rings. The molecule has 2 aromatic carbocycles. The van der Waals surface area contributed by atoms with E-state index in [9.17, 15) is 9.59 Å². The third-order valence-corrected chi connectivity index (χ3v) is 3.29. The molecule has 3 heteroatoms. The van der Waals surface area contributed by atoms with Gasteiger partial charge in [-0.25, -0.2) is 0 Å². The van der Waals surface area contributed by atoms with Crippen molar-refractivity contribution in [1.82, 2.24) is 4.90 Å². The van der Waals surface area contributed by atoms with Crippen LogP contribution in [0.3, 0.4) is 0 Å². The van der Waals surface area contributed by atoms with Crippen molar-refractivity contribution in [2.75, 3.05) is 7.05 Å². The molecule has 0 aliphatic carbocycles. The summed E-state index contributed by atoms with van der Waals surface area (Å²) in [4.78, 5) is 24.2. The average molecular weight is 255 g/mol. The highest BCUT2D eigenvalue weighted by Gasteiger charge is 2.15. The van der Waals surface area contributed by atoms with Crippen LogP contribution in [-0.2, 0) is 16.1 Å². The molecule has 1 amide bonds. The van der Waals surface area contributed by atoms with Crippen LogP contribution in [0.25, 0.3) is 10.8 Å². The molecule has 2 rings (SSSR count). The van der Waals surface area contributed by atoms with E-state index in [2.05, 4.69) is 13.0 Å². The van der Waals surface area contributed by atoms with Crippen LogP contribution in [0.2, 0.25) is 0 Å². The van der Waals surface area contributed by atoms with Gasteiger partial charge < -0.3 is 4.90 Å². The first-order valence-electron chi connectivity index (χ1n) is 6.24. The molecule has 0 saturated carbocycles. The molecule has 0 radical (unpaired) electrons.